The summed E-state index contributed by atoms with van der Waals surface area (Å²) in [6.07, 6.45) is 1.90. The van der Waals surface area contributed by atoms with E-state index in [1.165, 1.54) is 5.56 Å². The maximum absolute atomic E-state index is 7.17. The summed E-state index contributed by atoms with van der Waals surface area (Å²) in [5.74, 6) is 2.64. The summed E-state index contributed by atoms with van der Waals surface area (Å²) in [7, 11) is -0.428. The van der Waals surface area contributed by atoms with Crippen LogP contribution in [0.4, 0.5) is 34.1 Å². The van der Waals surface area contributed by atoms with E-state index in [1.54, 1.807) is 0 Å². The maximum atomic E-state index is 7.17. The van der Waals surface area contributed by atoms with Crippen molar-refractivity contribution < 1.29 is 30.5 Å². The third-order valence-corrected chi connectivity index (χ3v) is 13.8. The number of hydrogen-bond donors (Lipinski definition) is 0. The average Bonchev–Trinajstić information content (AvgIpc) is 4.04. The van der Waals surface area contributed by atoms with Crippen molar-refractivity contribution in [3.05, 3.63) is 212 Å². The fraction of sp³-hybridized carbons (Fsp3) is 0.100. The SMILES string of the molecule is Cc1cccc(C)c1B1Oc2cc(Oc3[c-]c4c(cc3)c3ccccc3n4-c3cc(C(C)(C)C)ccn3)[c-]c3c2N1c1cccc2c1N3[CH-]N2c1c(-c2ccccc2)cccc1-c1ccccc1.[Pt]. The van der Waals surface area contributed by atoms with Crippen molar-refractivity contribution in [1.82, 2.24) is 9.55 Å². The molecule has 0 atom stereocenters. The number of pyridine rings is 1. The molecule has 7 nitrogen and oxygen atoms in total. The molecule has 13 rings (SSSR count). The van der Waals surface area contributed by atoms with Crippen LogP contribution in [-0.2, 0) is 26.5 Å². The summed E-state index contributed by atoms with van der Waals surface area (Å²) in [5, 5.41) is 2.20. The molecule has 0 spiro atoms. The minimum atomic E-state index is -0.428. The van der Waals surface area contributed by atoms with Crippen LogP contribution in [0.1, 0.15) is 37.5 Å². The van der Waals surface area contributed by atoms with Crippen LogP contribution in [0, 0.1) is 32.6 Å². The van der Waals surface area contributed by atoms with Gasteiger partial charge in [-0.25, -0.2) is 4.98 Å². The molecule has 338 valence electrons. The predicted molar refractivity (Wildman–Crippen MR) is 278 cm³/mol. The van der Waals surface area contributed by atoms with Gasteiger partial charge in [-0.3, -0.25) is 0 Å². The van der Waals surface area contributed by atoms with Gasteiger partial charge in [0.25, 0.3) is 0 Å². The zero-order chi connectivity index (χ0) is 45.8. The number of aryl methyl sites for hydroxylation is 2. The Balaban J connectivity index is 0.00000492. The number of benzene rings is 8. The second-order valence-electron chi connectivity index (χ2n) is 19.0. The third-order valence-electron chi connectivity index (χ3n) is 13.8. The number of nitrogens with zero attached hydrogens (tertiary/aromatic N) is 5. The van der Waals surface area contributed by atoms with Crippen LogP contribution in [0.3, 0.4) is 0 Å². The second-order valence-corrected chi connectivity index (χ2v) is 19.0. The van der Waals surface area contributed by atoms with E-state index in [4.69, 9.17) is 14.4 Å². The number of hydrogen-bond acceptors (Lipinski definition) is 6. The minimum absolute atomic E-state index is 0. The minimum Gasteiger partial charge on any atom is -0.557 e. The van der Waals surface area contributed by atoms with Gasteiger partial charge in [0.2, 0.25) is 0 Å². The molecule has 0 unspecified atom stereocenters. The summed E-state index contributed by atoms with van der Waals surface area (Å²) in [6.45, 7) is 13.2. The molecule has 0 N–H and O–H groups in total. The van der Waals surface area contributed by atoms with Crippen molar-refractivity contribution in [1.29, 1.82) is 0 Å². The second kappa shape index (κ2) is 16.3. The first-order valence-electron chi connectivity index (χ1n) is 23.2. The zero-order valence-electron chi connectivity index (χ0n) is 38.8. The molecule has 0 bridgehead atoms. The van der Waals surface area contributed by atoms with Crippen LogP contribution in [0.15, 0.2) is 176 Å². The van der Waals surface area contributed by atoms with Gasteiger partial charge in [-0.05, 0) is 82.8 Å². The fourth-order valence-electron chi connectivity index (χ4n) is 10.5. The van der Waals surface area contributed by atoms with Crippen LogP contribution in [0.5, 0.6) is 17.2 Å². The molecular formula is C60H45BN5O2Pt-3. The van der Waals surface area contributed by atoms with Crippen molar-refractivity contribution in [3.8, 4) is 45.3 Å². The number of rotatable bonds is 7. The van der Waals surface area contributed by atoms with Crippen molar-refractivity contribution >= 4 is 68.4 Å². The summed E-state index contributed by atoms with van der Waals surface area (Å²) in [4.78, 5) is 11.9. The first kappa shape index (κ1) is 42.8. The summed E-state index contributed by atoms with van der Waals surface area (Å²) < 4.78 is 16.3. The molecule has 2 aromatic heterocycles. The first-order chi connectivity index (χ1) is 33.2. The summed E-state index contributed by atoms with van der Waals surface area (Å²) in [6, 6.07) is 67.4. The number of fused-ring (bicyclic) bond motifs is 5. The Morgan fingerprint density at radius 3 is 2.00 bits per heavy atom. The van der Waals surface area contributed by atoms with Gasteiger partial charge in [-0.15, -0.1) is 30.3 Å². The molecule has 0 saturated carbocycles. The van der Waals surface area contributed by atoms with E-state index >= 15 is 0 Å². The van der Waals surface area contributed by atoms with Crippen molar-refractivity contribution in [2.75, 3.05) is 14.6 Å². The molecule has 5 heterocycles. The number of aromatic nitrogens is 2. The molecule has 0 aliphatic carbocycles. The van der Waals surface area contributed by atoms with Gasteiger partial charge in [0.1, 0.15) is 5.82 Å². The molecule has 0 amide bonds. The largest absolute Gasteiger partial charge is 0.557 e. The summed E-state index contributed by atoms with van der Waals surface area (Å²) >= 11 is 0. The predicted octanol–water partition coefficient (Wildman–Crippen LogP) is 14.5. The van der Waals surface area contributed by atoms with Gasteiger partial charge in [0.05, 0.1) is 5.69 Å². The third kappa shape index (κ3) is 6.79. The van der Waals surface area contributed by atoms with Crippen LogP contribution in [0.2, 0.25) is 0 Å². The maximum Gasteiger partial charge on any atom is 0.511 e. The van der Waals surface area contributed by atoms with Crippen molar-refractivity contribution in [3.63, 3.8) is 0 Å². The van der Waals surface area contributed by atoms with E-state index in [9.17, 15) is 0 Å². The van der Waals surface area contributed by atoms with Crippen LogP contribution in [-0.4, -0.2) is 16.6 Å². The molecule has 69 heavy (non-hydrogen) atoms. The van der Waals surface area contributed by atoms with Crippen molar-refractivity contribution in [2.45, 2.75) is 40.0 Å². The van der Waals surface area contributed by atoms with E-state index < -0.39 is 7.05 Å². The van der Waals surface area contributed by atoms with E-state index in [-0.39, 0.29) is 26.5 Å². The molecule has 3 aliphatic heterocycles. The molecule has 9 heteroatoms. The van der Waals surface area contributed by atoms with Gasteiger partial charge in [0.15, 0.2) is 0 Å². The molecule has 10 aromatic rings. The number of para-hydroxylation sites is 3. The Morgan fingerprint density at radius 1 is 0.609 bits per heavy atom. The Morgan fingerprint density at radius 2 is 1.28 bits per heavy atom. The van der Waals surface area contributed by atoms with Crippen LogP contribution < -0.4 is 29.5 Å². The Hall–Kier alpha value is -7.54. The van der Waals surface area contributed by atoms with Crippen molar-refractivity contribution in [2.24, 2.45) is 0 Å². The Kier molecular flexibility index (Phi) is 10.1. The molecule has 0 saturated heterocycles. The quantitative estimate of drug-likeness (QED) is 0.117. The number of ether oxygens (including phenoxy) is 1. The molecule has 0 fully saturated rings. The van der Waals surface area contributed by atoms with E-state index in [0.29, 0.717) is 11.5 Å². The van der Waals surface area contributed by atoms with Crippen LogP contribution in [0.25, 0.3) is 49.9 Å². The van der Waals surface area contributed by atoms with Gasteiger partial charge < -0.3 is 28.6 Å². The monoisotopic (exact) mass is 1070 g/mol. The summed E-state index contributed by atoms with van der Waals surface area (Å²) in [5.41, 5.74) is 17.1. The topological polar surface area (TPSA) is 46.0 Å². The standard InChI is InChI=1S/C60H45BN5O2.Pt/c1-38-17-14-18-39(2)56(38)61-66-51-28-16-27-50-58(51)64(37-63(50)57-45(40-19-8-6-9-20-40)24-15-25-46(57)41-21-10-7-11-22-41)53-35-44(36-54(68-61)59(53)66)67-43-29-30-48-47-23-12-13-26-49(47)65(52(48)34-43)55-33-42(31-32-62-55)60(3,4)5;/h6-33,36-37H,1-5H3;/q-3;. The Bertz CT molecular complexity index is 3580. The van der Waals surface area contributed by atoms with Gasteiger partial charge in [-0.2, -0.15) is 6.07 Å². The molecule has 8 aromatic carbocycles. The normalized spacial score (nSPS) is 13.4. The average molecular weight is 1070 g/mol. The van der Waals surface area contributed by atoms with Crippen LogP contribution >= 0.6 is 0 Å². The first-order valence-corrected chi connectivity index (χ1v) is 23.2. The van der Waals surface area contributed by atoms with E-state index in [1.807, 2.05) is 18.3 Å². The smallest absolute Gasteiger partial charge is 0.511 e. The van der Waals surface area contributed by atoms with E-state index in [2.05, 4.69) is 230 Å². The van der Waals surface area contributed by atoms with Gasteiger partial charge in [-0.1, -0.05) is 170 Å². The van der Waals surface area contributed by atoms with Gasteiger partial charge in [0, 0.05) is 78.2 Å². The zero-order valence-corrected chi connectivity index (χ0v) is 41.0. The Labute approximate surface area is 417 Å². The molecule has 0 radical (unpaired) electrons. The van der Waals surface area contributed by atoms with E-state index in [0.717, 1.165) is 106 Å². The molecular weight excluding hydrogens is 1030 g/mol. The number of anilines is 6. The van der Waals surface area contributed by atoms with Gasteiger partial charge >= 0.3 is 7.05 Å². The molecule has 3 aliphatic rings. The fourth-order valence-corrected chi connectivity index (χ4v) is 10.5.